The molecule has 1 aliphatic carbocycles. The van der Waals surface area contributed by atoms with Gasteiger partial charge in [-0.3, -0.25) is 0 Å². The molecule has 0 amide bonds. The van der Waals surface area contributed by atoms with E-state index in [0.717, 1.165) is 6.04 Å². The predicted molar refractivity (Wildman–Crippen MR) is 76.9 cm³/mol. The van der Waals surface area contributed by atoms with Gasteiger partial charge in [0.1, 0.15) is 0 Å². The SMILES string of the molecule is CCCN1CCC[C@@]2(c3ccccc3)CC[C@H]1C2. The number of nitrogens with zero attached hydrogens (tertiary/aromatic N) is 1. The van der Waals surface area contributed by atoms with E-state index in [4.69, 9.17) is 0 Å². The lowest BCUT2D eigenvalue weighted by Gasteiger charge is -2.28. The molecule has 0 spiro atoms. The maximum absolute atomic E-state index is 2.76. The van der Waals surface area contributed by atoms with E-state index in [1.54, 1.807) is 5.56 Å². The van der Waals surface area contributed by atoms with Crippen LogP contribution in [0.25, 0.3) is 0 Å². The smallest absolute Gasteiger partial charge is 0.0104 e. The van der Waals surface area contributed by atoms with Gasteiger partial charge in [0.05, 0.1) is 0 Å². The summed E-state index contributed by atoms with van der Waals surface area (Å²) in [5, 5.41) is 0. The van der Waals surface area contributed by atoms with Gasteiger partial charge in [0, 0.05) is 6.04 Å². The van der Waals surface area contributed by atoms with Crippen molar-refractivity contribution in [3.05, 3.63) is 35.9 Å². The maximum Gasteiger partial charge on any atom is 0.0104 e. The molecular formula is C17H25N. The predicted octanol–water partition coefficient (Wildman–Crippen LogP) is 3.98. The minimum atomic E-state index is 0.508. The first-order valence-corrected chi connectivity index (χ1v) is 7.64. The molecule has 1 nitrogen and oxygen atoms in total. The lowest BCUT2D eigenvalue weighted by Crippen LogP contribution is -2.34. The fourth-order valence-corrected chi connectivity index (χ4v) is 4.22. The van der Waals surface area contributed by atoms with E-state index in [1.807, 2.05) is 0 Å². The molecule has 1 heteroatoms. The Hall–Kier alpha value is -0.820. The standard InChI is InChI=1S/C17H25N/c1-2-12-18-13-6-10-17(11-9-16(18)14-17)15-7-4-3-5-8-15/h3-5,7-8,16H,2,6,9-14H2,1H3/t16-,17+/m0/s1. The molecule has 3 rings (SSSR count). The van der Waals surface area contributed by atoms with Crippen molar-refractivity contribution in [1.29, 1.82) is 0 Å². The van der Waals surface area contributed by atoms with Crippen molar-refractivity contribution < 1.29 is 0 Å². The van der Waals surface area contributed by atoms with Crippen LogP contribution in [-0.4, -0.2) is 24.0 Å². The van der Waals surface area contributed by atoms with Gasteiger partial charge in [-0.25, -0.2) is 0 Å². The minimum absolute atomic E-state index is 0.508. The van der Waals surface area contributed by atoms with E-state index in [-0.39, 0.29) is 0 Å². The van der Waals surface area contributed by atoms with E-state index in [9.17, 15) is 0 Å². The molecule has 1 heterocycles. The van der Waals surface area contributed by atoms with Gasteiger partial charge >= 0.3 is 0 Å². The lowest BCUT2D eigenvalue weighted by atomic mass is 9.75. The van der Waals surface area contributed by atoms with Crippen molar-refractivity contribution >= 4 is 0 Å². The molecule has 1 aliphatic heterocycles. The third-order valence-corrected chi connectivity index (χ3v) is 5.10. The Balaban J connectivity index is 1.84. The van der Waals surface area contributed by atoms with Gasteiger partial charge in [0.2, 0.25) is 0 Å². The fraction of sp³-hybridized carbons (Fsp3) is 0.647. The second kappa shape index (κ2) is 5.05. The highest BCUT2D eigenvalue weighted by Gasteiger charge is 2.43. The van der Waals surface area contributed by atoms with Crippen molar-refractivity contribution in [2.75, 3.05) is 13.1 Å². The molecule has 2 aliphatic rings. The minimum Gasteiger partial charge on any atom is -0.300 e. The van der Waals surface area contributed by atoms with Crippen LogP contribution in [0.4, 0.5) is 0 Å². The Kier molecular flexibility index (Phi) is 3.43. The van der Waals surface area contributed by atoms with E-state index >= 15 is 0 Å². The molecule has 1 saturated heterocycles. The van der Waals surface area contributed by atoms with Gasteiger partial charge in [-0.15, -0.1) is 0 Å². The zero-order chi connectivity index (χ0) is 12.4. The zero-order valence-corrected chi connectivity index (χ0v) is 11.6. The van der Waals surface area contributed by atoms with Crippen LogP contribution in [0.5, 0.6) is 0 Å². The fourth-order valence-electron chi connectivity index (χ4n) is 4.22. The topological polar surface area (TPSA) is 3.24 Å². The third-order valence-electron chi connectivity index (χ3n) is 5.10. The first-order chi connectivity index (χ1) is 8.84. The van der Waals surface area contributed by atoms with Crippen molar-refractivity contribution in [3.63, 3.8) is 0 Å². The van der Waals surface area contributed by atoms with Gasteiger partial charge in [-0.2, -0.15) is 0 Å². The van der Waals surface area contributed by atoms with Crippen LogP contribution in [0.3, 0.4) is 0 Å². The zero-order valence-electron chi connectivity index (χ0n) is 11.6. The van der Waals surface area contributed by atoms with Crippen LogP contribution < -0.4 is 0 Å². The largest absolute Gasteiger partial charge is 0.300 e. The molecule has 1 saturated carbocycles. The maximum atomic E-state index is 2.76. The van der Waals surface area contributed by atoms with E-state index in [0.29, 0.717) is 5.41 Å². The summed E-state index contributed by atoms with van der Waals surface area (Å²) in [6, 6.07) is 12.1. The Bertz CT molecular complexity index is 386. The van der Waals surface area contributed by atoms with Crippen molar-refractivity contribution in [2.24, 2.45) is 0 Å². The molecule has 98 valence electrons. The third kappa shape index (κ3) is 2.09. The Morgan fingerprint density at radius 1 is 1.22 bits per heavy atom. The molecule has 2 bridgehead atoms. The highest BCUT2D eigenvalue weighted by molar-refractivity contribution is 5.28. The molecular weight excluding hydrogens is 218 g/mol. The number of fused-ring (bicyclic) bond motifs is 2. The van der Waals surface area contributed by atoms with Gasteiger partial charge < -0.3 is 4.90 Å². The summed E-state index contributed by atoms with van der Waals surface area (Å²) in [6.07, 6.45) is 8.29. The summed E-state index contributed by atoms with van der Waals surface area (Å²) in [7, 11) is 0. The molecule has 0 N–H and O–H groups in total. The first kappa shape index (κ1) is 12.2. The number of rotatable bonds is 3. The molecule has 0 aromatic heterocycles. The molecule has 0 radical (unpaired) electrons. The van der Waals surface area contributed by atoms with E-state index in [2.05, 4.69) is 42.2 Å². The summed E-state index contributed by atoms with van der Waals surface area (Å²) in [5.41, 5.74) is 2.11. The van der Waals surface area contributed by atoms with Crippen molar-refractivity contribution in [2.45, 2.75) is 56.9 Å². The van der Waals surface area contributed by atoms with Gasteiger partial charge in [-0.1, -0.05) is 37.3 Å². The van der Waals surface area contributed by atoms with Crippen molar-refractivity contribution in [1.82, 2.24) is 4.90 Å². The molecule has 1 aromatic carbocycles. The average molecular weight is 243 g/mol. The molecule has 0 unspecified atom stereocenters. The van der Waals surface area contributed by atoms with Crippen LogP contribution in [0.15, 0.2) is 30.3 Å². The Labute approximate surface area is 111 Å². The van der Waals surface area contributed by atoms with Crippen LogP contribution >= 0.6 is 0 Å². The quantitative estimate of drug-likeness (QED) is 0.776. The Morgan fingerprint density at radius 3 is 2.83 bits per heavy atom. The number of likely N-dealkylation sites (tertiary alicyclic amines) is 1. The van der Waals surface area contributed by atoms with E-state index < -0.39 is 0 Å². The van der Waals surface area contributed by atoms with Crippen LogP contribution in [0.1, 0.15) is 51.0 Å². The van der Waals surface area contributed by atoms with Crippen molar-refractivity contribution in [3.8, 4) is 0 Å². The number of hydrogen-bond donors (Lipinski definition) is 0. The number of hydrogen-bond acceptors (Lipinski definition) is 1. The Morgan fingerprint density at radius 2 is 2.06 bits per heavy atom. The monoisotopic (exact) mass is 243 g/mol. The summed E-state index contributed by atoms with van der Waals surface area (Å²) >= 11 is 0. The van der Waals surface area contributed by atoms with Gasteiger partial charge in [0.15, 0.2) is 0 Å². The molecule has 18 heavy (non-hydrogen) atoms. The summed E-state index contributed by atoms with van der Waals surface area (Å²) in [4.78, 5) is 2.76. The molecule has 1 aromatic rings. The van der Waals surface area contributed by atoms with Crippen LogP contribution in [-0.2, 0) is 5.41 Å². The van der Waals surface area contributed by atoms with E-state index in [1.165, 1.54) is 51.6 Å². The highest BCUT2D eigenvalue weighted by atomic mass is 15.2. The average Bonchev–Trinajstić information content (AvgIpc) is 2.75. The normalized spacial score (nSPS) is 32.4. The van der Waals surface area contributed by atoms with Crippen LogP contribution in [0.2, 0.25) is 0 Å². The second-order valence-electron chi connectivity index (χ2n) is 6.18. The van der Waals surface area contributed by atoms with Gasteiger partial charge in [0.25, 0.3) is 0 Å². The molecule has 2 fully saturated rings. The molecule has 2 atom stereocenters. The highest BCUT2D eigenvalue weighted by Crippen LogP contribution is 2.48. The second-order valence-corrected chi connectivity index (χ2v) is 6.18. The first-order valence-electron chi connectivity index (χ1n) is 7.64. The number of benzene rings is 1. The van der Waals surface area contributed by atoms with Crippen LogP contribution in [0, 0.1) is 0 Å². The lowest BCUT2D eigenvalue weighted by molar-refractivity contribution is 0.204. The summed E-state index contributed by atoms with van der Waals surface area (Å²) in [6.45, 7) is 4.94. The summed E-state index contributed by atoms with van der Waals surface area (Å²) < 4.78 is 0. The van der Waals surface area contributed by atoms with Gasteiger partial charge in [-0.05, 0) is 62.6 Å². The summed E-state index contributed by atoms with van der Waals surface area (Å²) in [5.74, 6) is 0.